The van der Waals surface area contributed by atoms with E-state index in [0.717, 1.165) is 44.3 Å². The topological polar surface area (TPSA) is 168 Å². The van der Waals surface area contributed by atoms with Gasteiger partial charge in [-0.3, -0.25) is 23.5 Å². The number of carbonyl (C=O) groups is 2. The molecule has 11 heteroatoms. The third-order valence-electron chi connectivity index (χ3n) is 6.51. The molecule has 0 amide bonds. The van der Waals surface area contributed by atoms with Gasteiger partial charge < -0.3 is 20.3 Å². The summed E-state index contributed by atoms with van der Waals surface area (Å²) in [7, 11) is 0. The van der Waals surface area contributed by atoms with Gasteiger partial charge in [-0.05, 0) is 50.4 Å². The van der Waals surface area contributed by atoms with Gasteiger partial charge in [-0.1, -0.05) is 13.8 Å². The molecule has 0 spiro atoms. The molecule has 33 heavy (non-hydrogen) atoms. The lowest BCUT2D eigenvalue weighted by Crippen LogP contribution is -2.40. The highest BCUT2D eigenvalue weighted by Crippen LogP contribution is 2.47. The van der Waals surface area contributed by atoms with Crippen LogP contribution in [0, 0.1) is 11.8 Å². The molecule has 2 aliphatic rings. The number of aromatic amines is 1. The smallest absolute Gasteiger partial charge is 0.332 e. The minimum Gasteiger partial charge on any atom is -0.481 e. The Morgan fingerprint density at radius 3 is 2.03 bits per heavy atom. The largest absolute Gasteiger partial charge is 0.481 e. The zero-order valence-corrected chi connectivity index (χ0v) is 19.0. The van der Waals surface area contributed by atoms with Crippen molar-refractivity contribution in [3.05, 3.63) is 26.7 Å². The first-order valence-corrected chi connectivity index (χ1v) is 11.5. The van der Waals surface area contributed by atoms with Gasteiger partial charge in [0.2, 0.25) is 0 Å². The number of aromatic nitrogens is 4. The van der Waals surface area contributed by atoms with Gasteiger partial charge in [-0.2, -0.15) is 0 Å². The predicted octanol–water partition coefficient (Wildman–Crippen LogP) is 1.52. The van der Waals surface area contributed by atoms with Gasteiger partial charge >= 0.3 is 17.6 Å². The number of H-pyrrole nitrogens is 1. The van der Waals surface area contributed by atoms with Crippen LogP contribution in [0.2, 0.25) is 0 Å². The zero-order chi connectivity index (χ0) is 24.3. The molecular formula is C22H32N4O7. The summed E-state index contributed by atoms with van der Waals surface area (Å²) in [6, 6.07) is 0. The molecule has 4 rings (SSSR count). The first kappa shape index (κ1) is 24.7. The first-order chi connectivity index (χ1) is 15.7. The number of aliphatic hydroxyl groups is 1. The fraction of sp³-hybridized carbons (Fsp3) is 0.682. The van der Waals surface area contributed by atoms with Crippen LogP contribution in [0.3, 0.4) is 0 Å². The van der Waals surface area contributed by atoms with Crippen LogP contribution < -0.4 is 11.2 Å². The van der Waals surface area contributed by atoms with Crippen LogP contribution in [0.25, 0.3) is 11.2 Å². The predicted molar refractivity (Wildman–Crippen MR) is 119 cm³/mol. The van der Waals surface area contributed by atoms with E-state index in [1.54, 1.807) is 4.57 Å². The van der Waals surface area contributed by atoms with E-state index in [-0.39, 0.29) is 23.3 Å². The molecule has 2 fully saturated rings. The Bertz CT molecular complexity index is 1110. The van der Waals surface area contributed by atoms with Crippen LogP contribution >= 0.6 is 0 Å². The van der Waals surface area contributed by atoms with Crippen molar-refractivity contribution >= 4 is 23.1 Å². The number of hydrogen-bond acceptors (Lipinski definition) is 6. The highest BCUT2D eigenvalue weighted by atomic mass is 16.4. The van der Waals surface area contributed by atoms with E-state index < -0.39 is 18.4 Å². The molecule has 182 valence electrons. The van der Waals surface area contributed by atoms with Gasteiger partial charge in [-0.25, -0.2) is 9.78 Å². The average Bonchev–Trinajstić information content (AvgIpc) is 3.25. The summed E-state index contributed by atoms with van der Waals surface area (Å²) in [5.74, 6) is -0.921. The van der Waals surface area contributed by atoms with Crippen LogP contribution in [0.1, 0.15) is 70.5 Å². The highest BCUT2D eigenvalue weighted by Gasteiger charge is 2.43. The van der Waals surface area contributed by atoms with Gasteiger partial charge in [-0.15, -0.1) is 0 Å². The number of carboxylic acids is 2. The molecule has 0 aromatic carbocycles. The third kappa shape index (κ3) is 5.18. The fourth-order valence-corrected chi connectivity index (χ4v) is 5.07. The van der Waals surface area contributed by atoms with Crippen molar-refractivity contribution in [2.75, 3.05) is 0 Å². The van der Waals surface area contributed by atoms with E-state index in [1.165, 1.54) is 4.57 Å². The molecule has 11 nitrogen and oxygen atoms in total. The van der Waals surface area contributed by atoms with Crippen molar-refractivity contribution in [2.45, 2.75) is 83.9 Å². The zero-order valence-electron chi connectivity index (χ0n) is 19.0. The number of imidazole rings is 1. The van der Waals surface area contributed by atoms with Crippen LogP contribution in [-0.4, -0.2) is 52.5 Å². The fourth-order valence-electron chi connectivity index (χ4n) is 5.07. The molecule has 2 saturated carbocycles. The number of aliphatic hydroxyl groups excluding tert-OH is 1. The summed E-state index contributed by atoms with van der Waals surface area (Å²) < 4.78 is 2.97. The number of aryl methyl sites for hydroxylation is 1. The SMILES string of the molecule is CCCn1c(=O)c2[nH]c(C3CC4CCC(C3)C4O)nc2n(CCC)c1=O.O=C(O)CC(=O)O. The minimum absolute atomic E-state index is 0.185. The number of nitrogens with one attached hydrogen (secondary N) is 1. The van der Waals surface area contributed by atoms with Gasteiger partial charge in [0.15, 0.2) is 5.65 Å². The van der Waals surface area contributed by atoms with Crippen molar-refractivity contribution in [3.8, 4) is 0 Å². The van der Waals surface area contributed by atoms with Gasteiger partial charge in [0.1, 0.15) is 17.8 Å². The maximum absolute atomic E-state index is 12.8. The Hall–Kier alpha value is -2.95. The summed E-state index contributed by atoms with van der Waals surface area (Å²) in [4.78, 5) is 52.4. The Balaban J connectivity index is 0.000000383. The quantitative estimate of drug-likeness (QED) is 0.447. The Morgan fingerprint density at radius 1 is 1.00 bits per heavy atom. The van der Waals surface area contributed by atoms with Gasteiger partial charge in [0, 0.05) is 19.0 Å². The van der Waals surface area contributed by atoms with Gasteiger partial charge in [0.25, 0.3) is 5.56 Å². The van der Waals surface area contributed by atoms with E-state index in [1.807, 2.05) is 13.8 Å². The maximum Gasteiger partial charge on any atom is 0.332 e. The third-order valence-corrected chi connectivity index (χ3v) is 6.51. The molecule has 2 aromatic rings. The summed E-state index contributed by atoms with van der Waals surface area (Å²) in [5, 5.41) is 25.7. The van der Waals surface area contributed by atoms with Crippen molar-refractivity contribution in [3.63, 3.8) is 0 Å². The normalized spacial score (nSPS) is 23.8. The summed E-state index contributed by atoms with van der Waals surface area (Å²) in [5.41, 5.74) is 0.405. The van der Waals surface area contributed by atoms with E-state index in [2.05, 4.69) is 4.98 Å². The van der Waals surface area contributed by atoms with Crippen LogP contribution in [0.5, 0.6) is 0 Å². The summed E-state index contributed by atoms with van der Waals surface area (Å²) in [6.45, 7) is 4.95. The number of nitrogens with zero attached hydrogens (tertiary/aromatic N) is 3. The average molecular weight is 465 g/mol. The van der Waals surface area contributed by atoms with Crippen LogP contribution in [-0.2, 0) is 22.7 Å². The molecule has 4 N–H and O–H groups in total. The molecule has 2 bridgehead atoms. The second-order valence-electron chi connectivity index (χ2n) is 8.93. The molecule has 2 atom stereocenters. The molecular weight excluding hydrogens is 432 g/mol. The van der Waals surface area contributed by atoms with Crippen molar-refractivity contribution in [1.29, 1.82) is 0 Å². The lowest BCUT2D eigenvalue weighted by molar-refractivity contribution is -0.147. The number of fused-ring (bicyclic) bond motifs is 3. The van der Waals surface area contributed by atoms with E-state index in [9.17, 15) is 24.3 Å². The number of hydrogen-bond donors (Lipinski definition) is 4. The molecule has 0 radical (unpaired) electrons. The van der Waals surface area contributed by atoms with E-state index >= 15 is 0 Å². The number of carboxylic acid groups (broad SMARTS) is 2. The Morgan fingerprint density at radius 2 is 1.55 bits per heavy atom. The molecule has 2 aromatic heterocycles. The Kier molecular flexibility index (Phi) is 7.72. The molecule has 2 heterocycles. The standard InChI is InChI=1S/C19H28N4O3.C3H4O4/c1-3-7-22-17-14(18(25)23(8-4-2)19(22)26)20-16(21-17)13-9-11-5-6-12(10-13)15(11)24;4-2(5)1-3(6)7/h11-13,15,24H,3-10H2,1-2H3,(H,20,21);1H2,(H,4,5)(H,6,7). The lowest BCUT2D eigenvalue weighted by Gasteiger charge is -2.31. The summed E-state index contributed by atoms with van der Waals surface area (Å²) in [6.07, 6.45) is 4.50. The lowest BCUT2D eigenvalue weighted by atomic mass is 9.78. The minimum atomic E-state index is -1.31. The van der Waals surface area contributed by atoms with Crippen molar-refractivity contribution in [1.82, 2.24) is 19.1 Å². The van der Waals surface area contributed by atoms with E-state index in [0.29, 0.717) is 36.1 Å². The van der Waals surface area contributed by atoms with Crippen molar-refractivity contribution in [2.24, 2.45) is 11.8 Å². The first-order valence-electron chi connectivity index (χ1n) is 11.5. The van der Waals surface area contributed by atoms with Crippen molar-refractivity contribution < 1.29 is 24.9 Å². The van der Waals surface area contributed by atoms with Crippen LogP contribution in [0.4, 0.5) is 0 Å². The molecule has 2 unspecified atom stereocenters. The monoisotopic (exact) mass is 464 g/mol. The van der Waals surface area contributed by atoms with E-state index in [4.69, 9.17) is 15.2 Å². The van der Waals surface area contributed by atoms with Crippen LogP contribution in [0.15, 0.2) is 9.59 Å². The molecule has 0 aliphatic heterocycles. The second kappa shape index (κ2) is 10.3. The number of aliphatic carboxylic acids is 2. The van der Waals surface area contributed by atoms with Gasteiger partial charge in [0.05, 0.1) is 6.10 Å². The maximum atomic E-state index is 12.8. The second-order valence-corrected chi connectivity index (χ2v) is 8.93. The highest BCUT2D eigenvalue weighted by molar-refractivity contribution is 5.88. The number of rotatable bonds is 7. The molecule has 0 saturated heterocycles. The summed E-state index contributed by atoms with van der Waals surface area (Å²) >= 11 is 0. The Labute approximate surface area is 190 Å². The molecule has 2 aliphatic carbocycles.